The Kier molecular flexibility index (Phi) is 8.26. The van der Waals surface area contributed by atoms with E-state index in [0.717, 1.165) is 30.7 Å². The van der Waals surface area contributed by atoms with E-state index in [9.17, 15) is 10.1 Å². The first-order chi connectivity index (χ1) is 11.6. The fourth-order valence-electron chi connectivity index (χ4n) is 2.14. The Morgan fingerprint density at radius 3 is 2.48 bits per heavy atom. The molecule has 10 heteroatoms. The maximum atomic E-state index is 11.0. The van der Waals surface area contributed by atoms with Crippen molar-refractivity contribution in [3.63, 3.8) is 0 Å². The van der Waals surface area contributed by atoms with Crippen LogP contribution >= 0.6 is 0 Å². The van der Waals surface area contributed by atoms with Crippen LogP contribution in [0.25, 0.3) is 5.43 Å². The first-order valence-corrected chi connectivity index (χ1v) is 7.40. The number of benzene rings is 1. The molecule has 2 aromatic rings. The molecule has 0 amide bonds. The van der Waals surface area contributed by atoms with Gasteiger partial charge in [-0.3, -0.25) is 15.2 Å². The van der Waals surface area contributed by atoms with Gasteiger partial charge in [-0.05, 0) is 31.5 Å². The smallest absolute Gasteiger partial charge is 0.419 e. The molecule has 25 heavy (non-hydrogen) atoms. The van der Waals surface area contributed by atoms with Crippen molar-refractivity contribution in [2.24, 2.45) is 5.10 Å². The molecule has 0 aliphatic carbocycles. The van der Waals surface area contributed by atoms with E-state index < -0.39 is 10.6 Å². The molecular weight excluding hydrogens is 333 g/mol. The molecule has 0 aliphatic rings. The molecule has 1 aromatic carbocycles. The third kappa shape index (κ3) is 5.38. The Bertz CT molecular complexity index is 733. The first-order valence-electron chi connectivity index (χ1n) is 7.40. The Hall–Kier alpha value is -2.23. The Morgan fingerprint density at radius 2 is 1.92 bits per heavy atom. The van der Waals surface area contributed by atoms with E-state index in [1.807, 2.05) is 24.3 Å². The van der Waals surface area contributed by atoms with E-state index in [2.05, 4.69) is 39.2 Å². The molecular formula is C15H18N7NaO2. The summed E-state index contributed by atoms with van der Waals surface area (Å²) in [5.41, 5.74) is 10.7. The van der Waals surface area contributed by atoms with E-state index >= 15 is 0 Å². The molecule has 0 spiro atoms. The van der Waals surface area contributed by atoms with E-state index in [-0.39, 0.29) is 41.2 Å². The van der Waals surface area contributed by atoms with Crippen molar-refractivity contribution in [2.45, 2.75) is 13.8 Å². The molecule has 0 radical (unpaired) electrons. The normalized spacial score (nSPS) is 10.3. The van der Waals surface area contributed by atoms with Crippen LogP contribution in [-0.4, -0.2) is 34.2 Å². The maximum Gasteiger partial charge on any atom is 1.00 e. The van der Waals surface area contributed by atoms with Crippen molar-refractivity contribution in [3.8, 4) is 0 Å². The van der Waals surface area contributed by atoms with Crippen molar-refractivity contribution in [1.29, 1.82) is 0 Å². The minimum absolute atomic E-state index is 0. The molecule has 1 heterocycles. The molecule has 0 saturated heterocycles. The second-order valence-electron chi connectivity index (χ2n) is 4.80. The van der Waals surface area contributed by atoms with Crippen LogP contribution in [0.5, 0.6) is 0 Å². The van der Waals surface area contributed by atoms with Gasteiger partial charge in [0.15, 0.2) is 0 Å². The minimum atomic E-state index is -0.678. The van der Waals surface area contributed by atoms with Crippen molar-refractivity contribution in [1.82, 2.24) is 9.97 Å². The Morgan fingerprint density at radius 1 is 1.28 bits per heavy atom. The van der Waals surface area contributed by atoms with Crippen LogP contribution in [0.3, 0.4) is 0 Å². The zero-order valence-electron chi connectivity index (χ0n) is 14.5. The molecule has 0 fully saturated rings. The van der Waals surface area contributed by atoms with Gasteiger partial charge >= 0.3 is 35.2 Å². The van der Waals surface area contributed by atoms with E-state index in [4.69, 9.17) is 5.73 Å². The number of hydrogen-bond acceptors (Lipinski definition) is 7. The summed E-state index contributed by atoms with van der Waals surface area (Å²) in [6.45, 7) is 6.05. The quantitative estimate of drug-likeness (QED) is 0.320. The maximum absolute atomic E-state index is 11.0. The summed E-state index contributed by atoms with van der Waals surface area (Å²) >= 11 is 0. The van der Waals surface area contributed by atoms with Gasteiger partial charge in [-0.15, -0.1) is 0 Å². The molecule has 9 nitrogen and oxygen atoms in total. The van der Waals surface area contributed by atoms with Crippen LogP contribution in [0.15, 0.2) is 35.7 Å². The molecule has 2 N–H and O–H groups in total. The van der Waals surface area contributed by atoms with E-state index in [1.54, 1.807) is 0 Å². The molecule has 0 saturated carbocycles. The van der Waals surface area contributed by atoms with Crippen LogP contribution in [0.1, 0.15) is 19.4 Å². The van der Waals surface area contributed by atoms with Gasteiger partial charge in [0, 0.05) is 37.1 Å². The molecule has 0 unspecified atom stereocenters. The molecule has 1 aromatic heterocycles. The fraction of sp³-hybridized carbons (Fsp3) is 0.267. The summed E-state index contributed by atoms with van der Waals surface area (Å²) in [7, 11) is 0. The Balaban J connectivity index is 0.00000312. The van der Waals surface area contributed by atoms with Gasteiger partial charge in [-0.2, -0.15) is 0 Å². The average molecular weight is 351 g/mol. The van der Waals surface area contributed by atoms with Crippen molar-refractivity contribution >= 4 is 29.2 Å². The number of hydrogen-bond donors (Lipinski definition) is 1. The van der Waals surface area contributed by atoms with Crippen LogP contribution in [0, 0.1) is 10.1 Å². The first kappa shape index (κ1) is 20.8. The standard InChI is InChI=1S/C15H18N7O2.Na/c1-3-21(4-2)12-7-5-11(6-8-12)9-19-20-15-13(22(23)24)14(16)17-10-18-15;/h5-10H,3-4H2,1-2H3,(H2-,16,17,18,20);/q-1;+1. The third-order valence-corrected chi connectivity index (χ3v) is 3.39. The number of aromatic nitrogens is 2. The topological polar surface area (TPSA) is 125 Å². The predicted molar refractivity (Wildman–Crippen MR) is 93.7 cm³/mol. The van der Waals surface area contributed by atoms with Gasteiger partial charge < -0.3 is 21.0 Å². The number of anilines is 2. The summed E-state index contributed by atoms with van der Waals surface area (Å²) in [4.78, 5) is 19.8. The van der Waals surface area contributed by atoms with Gasteiger partial charge in [-0.25, -0.2) is 4.98 Å². The van der Waals surface area contributed by atoms with Crippen molar-refractivity contribution < 1.29 is 34.5 Å². The summed E-state index contributed by atoms with van der Waals surface area (Å²) in [6.07, 6.45) is 2.60. The van der Waals surface area contributed by atoms with Crippen molar-refractivity contribution in [3.05, 3.63) is 51.7 Å². The molecule has 126 valence electrons. The van der Waals surface area contributed by atoms with Gasteiger partial charge in [0.1, 0.15) is 0 Å². The largest absolute Gasteiger partial charge is 1.00 e. The number of nitrogen functional groups attached to an aromatic ring is 1. The Labute approximate surface area is 167 Å². The monoisotopic (exact) mass is 351 g/mol. The summed E-state index contributed by atoms with van der Waals surface area (Å²) in [5, 5.41) is 14.8. The second kappa shape index (κ2) is 9.92. The van der Waals surface area contributed by atoms with E-state index in [0.29, 0.717) is 0 Å². The number of nitrogens with zero attached hydrogens (tertiary/aromatic N) is 6. The van der Waals surface area contributed by atoms with Gasteiger partial charge in [-0.1, -0.05) is 12.1 Å². The van der Waals surface area contributed by atoms with Gasteiger partial charge in [0.2, 0.25) is 5.82 Å². The van der Waals surface area contributed by atoms with Crippen molar-refractivity contribution in [2.75, 3.05) is 23.7 Å². The zero-order chi connectivity index (χ0) is 17.5. The van der Waals surface area contributed by atoms with Crippen LogP contribution < -0.4 is 40.2 Å². The summed E-state index contributed by atoms with van der Waals surface area (Å²) < 4.78 is 0. The second-order valence-corrected chi connectivity index (χ2v) is 4.80. The molecule has 0 atom stereocenters. The molecule has 0 aliphatic heterocycles. The summed E-state index contributed by atoms with van der Waals surface area (Å²) in [5.74, 6) is -0.420. The SMILES string of the molecule is CCN(CC)c1ccc(C=N[N-]c2ncnc(N)c2[N+](=O)[O-])cc1.[Na+]. The van der Waals surface area contributed by atoms with Crippen LogP contribution in [0.4, 0.5) is 23.0 Å². The average Bonchev–Trinajstić information content (AvgIpc) is 2.57. The van der Waals surface area contributed by atoms with Gasteiger partial charge in [0.05, 0.1) is 4.92 Å². The van der Waals surface area contributed by atoms with E-state index in [1.165, 1.54) is 6.21 Å². The minimum Gasteiger partial charge on any atom is -0.419 e. The van der Waals surface area contributed by atoms with Crippen LogP contribution in [0.2, 0.25) is 0 Å². The fourth-order valence-corrected chi connectivity index (χ4v) is 2.14. The van der Waals surface area contributed by atoms with Gasteiger partial charge in [0.25, 0.3) is 0 Å². The summed E-state index contributed by atoms with van der Waals surface area (Å²) in [6, 6.07) is 7.77. The molecule has 2 rings (SSSR count). The van der Waals surface area contributed by atoms with Crippen LogP contribution in [-0.2, 0) is 0 Å². The third-order valence-electron chi connectivity index (χ3n) is 3.39. The number of nitro groups is 1. The predicted octanol–water partition coefficient (Wildman–Crippen LogP) is -0.143. The number of rotatable bonds is 7. The molecule has 0 bridgehead atoms. The zero-order valence-corrected chi connectivity index (χ0v) is 16.5. The number of nitrogens with two attached hydrogens (primary N) is 1.